The van der Waals surface area contributed by atoms with Gasteiger partial charge in [0.1, 0.15) is 30.5 Å². The molecular weight excluding hydrogens is 275 g/mol. The molecule has 0 aliphatic carbocycles. The van der Waals surface area contributed by atoms with E-state index in [0.29, 0.717) is 0 Å². The maximum absolute atomic E-state index is 10.4. The zero-order valence-corrected chi connectivity index (χ0v) is 9.87. The molecule has 0 aromatic rings. The van der Waals surface area contributed by atoms with Gasteiger partial charge in [0.2, 0.25) is 0 Å². The maximum Gasteiger partial charge on any atom is 0.469 e. The van der Waals surface area contributed by atoms with Crippen LogP contribution in [0.1, 0.15) is 0 Å². The van der Waals surface area contributed by atoms with E-state index in [0.717, 1.165) is 0 Å². The molecule has 0 saturated carbocycles. The van der Waals surface area contributed by atoms with E-state index in [-0.39, 0.29) is 0 Å². The summed E-state index contributed by atoms with van der Waals surface area (Å²) >= 11 is 0. The van der Waals surface area contributed by atoms with Gasteiger partial charge in [-0.15, -0.1) is 0 Å². The summed E-state index contributed by atoms with van der Waals surface area (Å²) in [5, 5.41) is 46.6. The molecule has 1 fully saturated rings. The highest BCUT2D eigenvalue weighted by Crippen LogP contribution is 2.36. The normalized spacial score (nSPS) is 39.6. The van der Waals surface area contributed by atoms with Gasteiger partial charge in [-0.05, 0) is 0 Å². The van der Waals surface area contributed by atoms with E-state index >= 15 is 0 Å². The number of hydrogen-bond acceptors (Lipinski definition) is 8. The molecule has 0 aromatic carbocycles. The highest BCUT2D eigenvalue weighted by atomic mass is 31.2. The standard InChI is InChI=1S/C7H15O10P/c8-2(1-16-18(13,14)15)6-4(10)3(9)5(11)7(12)17-6/h2-12H,1H2,(H2,13,14,15)/t2-,3+,4+,5?,6?,7-/m1/s1. The van der Waals surface area contributed by atoms with Crippen molar-refractivity contribution in [1.29, 1.82) is 0 Å². The first-order valence-corrected chi connectivity index (χ1v) is 6.42. The molecule has 0 amide bonds. The van der Waals surface area contributed by atoms with Crippen LogP contribution in [0.25, 0.3) is 0 Å². The van der Waals surface area contributed by atoms with Crippen molar-refractivity contribution >= 4 is 7.82 Å². The van der Waals surface area contributed by atoms with Gasteiger partial charge in [-0.3, -0.25) is 4.52 Å². The molecule has 2 unspecified atom stereocenters. The summed E-state index contributed by atoms with van der Waals surface area (Å²) in [6.07, 6.45) is -10.4. The van der Waals surface area contributed by atoms with Crippen molar-refractivity contribution < 1.29 is 49.1 Å². The largest absolute Gasteiger partial charge is 0.469 e. The van der Waals surface area contributed by atoms with E-state index in [4.69, 9.17) is 20.0 Å². The molecule has 7 N–H and O–H groups in total. The highest BCUT2D eigenvalue weighted by Gasteiger charge is 2.46. The van der Waals surface area contributed by atoms with Gasteiger partial charge in [0.15, 0.2) is 6.29 Å². The monoisotopic (exact) mass is 290 g/mol. The minimum absolute atomic E-state index is 0.887. The molecule has 11 heteroatoms. The molecule has 6 atom stereocenters. The quantitative estimate of drug-likeness (QED) is 0.254. The summed E-state index contributed by atoms with van der Waals surface area (Å²) in [6, 6.07) is 0. The lowest BCUT2D eigenvalue weighted by Gasteiger charge is -2.40. The summed E-state index contributed by atoms with van der Waals surface area (Å²) in [5.41, 5.74) is 0. The fraction of sp³-hybridized carbons (Fsp3) is 1.00. The van der Waals surface area contributed by atoms with E-state index in [1.807, 2.05) is 0 Å². The van der Waals surface area contributed by atoms with Crippen LogP contribution in [0.4, 0.5) is 0 Å². The molecule has 1 aliphatic heterocycles. The van der Waals surface area contributed by atoms with Crippen molar-refractivity contribution in [2.45, 2.75) is 36.8 Å². The molecule has 1 rings (SSSR count). The first-order valence-electron chi connectivity index (χ1n) is 4.89. The van der Waals surface area contributed by atoms with E-state index in [2.05, 4.69) is 9.26 Å². The van der Waals surface area contributed by atoms with Gasteiger partial charge in [0, 0.05) is 0 Å². The summed E-state index contributed by atoms with van der Waals surface area (Å²) < 4.78 is 19.0. The third kappa shape index (κ3) is 3.93. The van der Waals surface area contributed by atoms with Crippen LogP contribution >= 0.6 is 7.82 Å². The molecule has 18 heavy (non-hydrogen) atoms. The molecule has 10 nitrogen and oxygen atoms in total. The van der Waals surface area contributed by atoms with Crippen LogP contribution in [0.2, 0.25) is 0 Å². The zero-order chi connectivity index (χ0) is 14.1. The SMILES string of the molecule is O=P(O)(O)OC[C@@H](O)C1O[C@@H](O)C(O)[C@@H](O)[C@@H]1O. The number of aliphatic hydroxyl groups is 5. The fourth-order valence-electron chi connectivity index (χ4n) is 1.47. The highest BCUT2D eigenvalue weighted by molar-refractivity contribution is 7.46. The van der Waals surface area contributed by atoms with Crippen LogP contribution < -0.4 is 0 Å². The van der Waals surface area contributed by atoms with Crippen LogP contribution in [0.15, 0.2) is 0 Å². The lowest BCUT2D eigenvalue weighted by Crippen LogP contribution is -2.61. The Hall–Kier alpha value is -0.130. The van der Waals surface area contributed by atoms with E-state index in [9.17, 15) is 19.9 Å². The Morgan fingerprint density at radius 2 is 1.67 bits per heavy atom. The van der Waals surface area contributed by atoms with Crippen LogP contribution in [-0.2, 0) is 13.8 Å². The number of rotatable bonds is 4. The van der Waals surface area contributed by atoms with Crippen LogP contribution in [0.5, 0.6) is 0 Å². The number of ether oxygens (including phenoxy) is 1. The van der Waals surface area contributed by atoms with Gasteiger partial charge in [-0.1, -0.05) is 0 Å². The molecule has 1 heterocycles. The number of phosphoric acid groups is 1. The Kier molecular flexibility index (Phi) is 5.21. The molecule has 0 radical (unpaired) electrons. The van der Waals surface area contributed by atoms with Crippen molar-refractivity contribution in [3.8, 4) is 0 Å². The minimum atomic E-state index is -4.80. The fourth-order valence-corrected chi connectivity index (χ4v) is 1.82. The molecule has 0 spiro atoms. The summed E-state index contributed by atoms with van der Waals surface area (Å²) in [7, 11) is -4.80. The third-order valence-electron chi connectivity index (χ3n) is 2.42. The second-order valence-corrected chi connectivity index (χ2v) is 5.06. The molecule has 0 bridgehead atoms. The van der Waals surface area contributed by atoms with Crippen molar-refractivity contribution in [2.24, 2.45) is 0 Å². The topological polar surface area (TPSA) is 177 Å². The molecule has 1 aliphatic rings. The van der Waals surface area contributed by atoms with Crippen LogP contribution in [0.3, 0.4) is 0 Å². The molecule has 0 aromatic heterocycles. The van der Waals surface area contributed by atoms with Gasteiger partial charge in [-0.25, -0.2) is 4.57 Å². The van der Waals surface area contributed by atoms with Gasteiger partial charge < -0.3 is 40.1 Å². The van der Waals surface area contributed by atoms with Crippen molar-refractivity contribution in [3.05, 3.63) is 0 Å². The van der Waals surface area contributed by atoms with E-state index < -0.39 is 51.2 Å². The van der Waals surface area contributed by atoms with Gasteiger partial charge in [0.25, 0.3) is 0 Å². The molecular formula is C7H15O10P. The van der Waals surface area contributed by atoms with E-state index in [1.165, 1.54) is 0 Å². The van der Waals surface area contributed by atoms with Crippen molar-refractivity contribution in [3.63, 3.8) is 0 Å². The van der Waals surface area contributed by atoms with Crippen molar-refractivity contribution in [1.82, 2.24) is 0 Å². The average Bonchev–Trinajstić information content (AvgIpc) is 2.27. The molecule has 108 valence electrons. The zero-order valence-electron chi connectivity index (χ0n) is 8.97. The van der Waals surface area contributed by atoms with Crippen LogP contribution in [0, 0.1) is 0 Å². The van der Waals surface area contributed by atoms with Gasteiger partial charge >= 0.3 is 7.82 Å². The Balaban J connectivity index is 2.62. The van der Waals surface area contributed by atoms with Crippen molar-refractivity contribution in [2.75, 3.05) is 6.61 Å². The number of aliphatic hydroxyl groups excluding tert-OH is 5. The third-order valence-corrected chi connectivity index (χ3v) is 2.90. The number of hydrogen-bond donors (Lipinski definition) is 7. The predicted molar refractivity (Wildman–Crippen MR) is 52.9 cm³/mol. The summed E-state index contributed by atoms with van der Waals surface area (Å²) in [5.74, 6) is 0. The Bertz CT molecular complexity index is 317. The van der Waals surface area contributed by atoms with Crippen LogP contribution in [-0.4, -0.2) is 78.7 Å². The minimum Gasteiger partial charge on any atom is -0.388 e. The lowest BCUT2D eigenvalue weighted by atomic mass is 9.96. The summed E-state index contributed by atoms with van der Waals surface area (Å²) in [6.45, 7) is -0.887. The number of phosphoric ester groups is 1. The smallest absolute Gasteiger partial charge is 0.388 e. The molecule has 1 saturated heterocycles. The maximum atomic E-state index is 10.4. The first-order chi connectivity index (χ1) is 8.13. The first kappa shape index (κ1) is 15.9. The average molecular weight is 290 g/mol. The predicted octanol–water partition coefficient (Wildman–Crippen LogP) is -3.74. The summed E-state index contributed by atoms with van der Waals surface area (Å²) in [4.78, 5) is 16.8. The van der Waals surface area contributed by atoms with E-state index in [1.54, 1.807) is 0 Å². The van der Waals surface area contributed by atoms with Gasteiger partial charge in [-0.2, -0.15) is 0 Å². The Morgan fingerprint density at radius 3 is 2.17 bits per heavy atom. The second kappa shape index (κ2) is 5.88. The Labute approximate surface area is 101 Å². The second-order valence-electron chi connectivity index (χ2n) is 3.82. The van der Waals surface area contributed by atoms with Gasteiger partial charge in [0.05, 0.1) is 6.61 Å². The lowest BCUT2D eigenvalue weighted by molar-refractivity contribution is -0.298. The Morgan fingerprint density at radius 1 is 1.11 bits per heavy atom.